The van der Waals surface area contributed by atoms with Crippen molar-refractivity contribution >= 4 is 7.82 Å². The number of phosphoric ester groups is 1. The Balaban J connectivity index is 4.28. The highest BCUT2D eigenvalue weighted by Crippen LogP contribution is 2.35. The van der Waals surface area contributed by atoms with E-state index < -0.39 is 7.82 Å². The molecular weight excluding hydrogens is 756 g/mol. The molecule has 5 heteroatoms. The quantitative estimate of drug-likeness (QED) is 0.0510. The Morgan fingerprint density at radius 2 is 0.483 bits per heavy atom. The monoisotopic (exact) mass is 847 g/mol. The van der Waals surface area contributed by atoms with E-state index in [1.165, 1.54) is 75.0 Å². The average Bonchev–Trinajstić information content (AvgIpc) is 3.14. The van der Waals surface area contributed by atoms with Crippen molar-refractivity contribution in [3.63, 3.8) is 0 Å². The van der Waals surface area contributed by atoms with Gasteiger partial charge in [-0.15, -0.1) is 0 Å². The predicted molar refractivity (Wildman–Crippen MR) is 267 cm³/mol. The van der Waals surface area contributed by atoms with E-state index >= 15 is 0 Å². The van der Waals surface area contributed by atoms with Crippen LogP contribution in [-0.2, 0) is 9.09 Å². The van der Waals surface area contributed by atoms with Crippen molar-refractivity contribution in [1.29, 1.82) is 0 Å². The minimum atomic E-state index is -4.40. The molecule has 0 aliphatic heterocycles. The summed E-state index contributed by atoms with van der Waals surface area (Å²) >= 11 is 0. The molecule has 60 heavy (non-hydrogen) atoms. The molecule has 0 spiro atoms. The summed E-state index contributed by atoms with van der Waals surface area (Å²) in [7, 11) is -4.40. The molecule has 0 bridgehead atoms. The Morgan fingerprint density at radius 1 is 0.317 bits per heavy atom. The first-order valence-corrected chi connectivity index (χ1v) is 24.8. The summed E-state index contributed by atoms with van der Waals surface area (Å²) < 4.78 is 15.3. The van der Waals surface area contributed by atoms with Crippen molar-refractivity contribution in [2.75, 3.05) is 6.61 Å². The van der Waals surface area contributed by atoms with E-state index in [1.807, 2.05) is 6.92 Å². The zero-order valence-corrected chi connectivity index (χ0v) is 41.8. The van der Waals surface area contributed by atoms with Crippen molar-refractivity contribution in [2.45, 2.75) is 212 Å². The molecule has 0 aromatic heterocycles. The van der Waals surface area contributed by atoms with Crippen molar-refractivity contribution in [2.24, 2.45) is 0 Å². The van der Waals surface area contributed by atoms with E-state index in [4.69, 9.17) is 9.79 Å². The fraction of sp³-hybridized carbons (Fsp3) is 0.600. The largest absolute Gasteiger partial charge is 0.469 e. The summed E-state index contributed by atoms with van der Waals surface area (Å²) in [4.78, 5) is 17.5. The van der Waals surface area contributed by atoms with Gasteiger partial charge in [0.25, 0.3) is 0 Å². The average molecular weight is 847 g/mol. The lowest BCUT2D eigenvalue weighted by Gasteiger charge is -2.04. The maximum atomic E-state index is 10.8. The Morgan fingerprint density at radius 3 is 0.650 bits per heavy atom. The fourth-order valence-corrected chi connectivity index (χ4v) is 7.07. The van der Waals surface area contributed by atoms with Gasteiger partial charge < -0.3 is 9.79 Å². The van der Waals surface area contributed by atoms with Crippen LogP contribution in [0.4, 0.5) is 0 Å². The molecule has 0 fully saturated rings. The molecule has 340 valence electrons. The summed E-state index contributed by atoms with van der Waals surface area (Å²) in [6.45, 7) is 26.7. The highest BCUT2D eigenvalue weighted by molar-refractivity contribution is 7.46. The summed E-state index contributed by atoms with van der Waals surface area (Å²) in [6, 6.07) is 0. The van der Waals surface area contributed by atoms with Gasteiger partial charge in [-0.3, -0.25) is 4.52 Å². The topological polar surface area (TPSA) is 66.8 Å². The van der Waals surface area contributed by atoms with Crippen LogP contribution in [0.15, 0.2) is 128 Å². The SMILES string of the molecule is CC(C)=CCC/C(C)=C\CC/C(C)=C\CC/C(C)=C\CC/C(C)=C\CC/C(C)=C\CC/C(C)=C\CC/C(C)=C\CC/C(C)=C\CC/C(C)=C\CC/C(C)=C\COP(=O)(O)O. The third-order valence-corrected chi connectivity index (χ3v) is 11.5. The van der Waals surface area contributed by atoms with Gasteiger partial charge in [-0.25, -0.2) is 4.57 Å². The number of phosphoric acid groups is 1. The van der Waals surface area contributed by atoms with Crippen LogP contribution in [0.25, 0.3) is 0 Å². The van der Waals surface area contributed by atoms with Gasteiger partial charge in [-0.2, -0.15) is 0 Å². The second-order valence-corrected chi connectivity index (χ2v) is 19.2. The lowest BCUT2D eigenvalue weighted by molar-refractivity contribution is 0.215. The smallest absolute Gasteiger partial charge is 0.303 e. The summed E-state index contributed by atoms with van der Waals surface area (Å²) in [6.07, 6.45) is 48.1. The number of allylic oxidation sites excluding steroid dienone is 21. The minimum absolute atomic E-state index is 0.0550. The van der Waals surface area contributed by atoms with E-state index in [-0.39, 0.29) is 6.61 Å². The molecule has 0 saturated heterocycles. The van der Waals surface area contributed by atoms with Crippen LogP contribution in [0.2, 0.25) is 0 Å². The van der Waals surface area contributed by atoms with Crippen molar-refractivity contribution in [1.82, 2.24) is 0 Å². The first kappa shape index (κ1) is 57.2. The standard InChI is InChI=1S/C55H91O4P/c1-45(2)23-13-24-46(3)25-14-26-47(4)27-15-28-48(5)29-16-30-49(6)31-17-32-50(7)33-18-34-51(8)35-19-36-52(9)37-20-38-53(10)39-21-40-54(11)41-22-42-55(12)43-44-59-60(56,57)58/h23,25,27,29,31,33,35,37,39,41,43H,13-22,24,26,28,30,32,34,36,38,40,42,44H2,1-12H3,(H2,56,57,58)/b46-25-,47-27-,48-29-,49-31-,50-33-,51-35-,52-37-,53-39-,54-41-,55-43-. The van der Waals surface area contributed by atoms with Gasteiger partial charge >= 0.3 is 7.82 Å². The number of hydrogen-bond acceptors (Lipinski definition) is 2. The van der Waals surface area contributed by atoms with Crippen molar-refractivity contribution in [3.8, 4) is 0 Å². The molecule has 2 N–H and O–H groups in total. The second-order valence-electron chi connectivity index (χ2n) is 18.0. The van der Waals surface area contributed by atoms with Gasteiger partial charge in [0, 0.05) is 0 Å². The van der Waals surface area contributed by atoms with Gasteiger partial charge in [-0.05, 0) is 212 Å². The molecule has 0 heterocycles. The molecule has 0 atom stereocenters. The van der Waals surface area contributed by atoms with E-state index in [0.717, 1.165) is 115 Å². The molecule has 0 aromatic carbocycles. The molecule has 0 unspecified atom stereocenters. The molecule has 0 saturated carbocycles. The third-order valence-electron chi connectivity index (χ3n) is 11.0. The van der Waals surface area contributed by atoms with Crippen LogP contribution in [-0.4, -0.2) is 16.4 Å². The molecule has 0 radical (unpaired) electrons. The summed E-state index contributed by atoms with van der Waals surface area (Å²) in [5.41, 5.74) is 15.9. The van der Waals surface area contributed by atoms with Crippen LogP contribution < -0.4 is 0 Å². The second kappa shape index (κ2) is 35.8. The van der Waals surface area contributed by atoms with Crippen LogP contribution in [0.5, 0.6) is 0 Å². The molecular formula is C55H91O4P. The first-order valence-electron chi connectivity index (χ1n) is 23.3. The molecule has 0 aromatic rings. The van der Waals surface area contributed by atoms with E-state index in [2.05, 4.69) is 141 Å². The Labute approximate surface area is 371 Å². The van der Waals surface area contributed by atoms with Crippen LogP contribution in [0, 0.1) is 0 Å². The normalized spacial score (nSPS) is 15.0. The molecule has 0 rings (SSSR count). The third kappa shape index (κ3) is 39.4. The van der Waals surface area contributed by atoms with Crippen LogP contribution in [0.3, 0.4) is 0 Å². The Hall–Kier alpha value is -2.75. The van der Waals surface area contributed by atoms with Gasteiger partial charge in [0.15, 0.2) is 0 Å². The summed E-state index contributed by atoms with van der Waals surface area (Å²) in [5, 5.41) is 0. The maximum Gasteiger partial charge on any atom is 0.469 e. The van der Waals surface area contributed by atoms with Gasteiger partial charge in [-0.1, -0.05) is 128 Å². The number of rotatable bonds is 33. The van der Waals surface area contributed by atoms with E-state index in [0.29, 0.717) is 0 Å². The fourth-order valence-electron chi connectivity index (χ4n) is 6.80. The van der Waals surface area contributed by atoms with Gasteiger partial charge in [0.1, 0.15) is 0 Å². The van der Waals surface area contributed by atoms with Crippen molar-refractivity contribution < 1.29 is 18.9 Å². The highest BCUT2D eigenvalue weighted by Gasteiger charge is 2.11. The van der Waals surface area contributed by atoms with Gasteiger partial charge in [0.2, 0.25) is 0 Å². The number of hydrogen-bond donors (Lipinski definition) is 2. The molecule has 0 aliphatic carbocycles. The van der Waals surface area contributed by atoms with Gasteiger partial charge in [0.05, 0.1) is 6.61 Å². The molecule has 0 aliphatic rings. The van der Waals surface area contributed by atoms with E-state index in [1.54, 1.807) is 6.08 Å². The maximum absolute atomic E-state index is 10.8. The molecule has 4 nitrogen and oxygen atoms in total. The minimum Gasteiger partial charge on any atom is -0.303 e. The zero-order valence-electron chi connectivity index (χ0n) is 40.9. The Bertz CT molecular complexity index is 1600. The van der Waals surface area contributed by atoms with E-state index in [9.17, 15) is 4.57 Å². The zero-order chi connectivity index (χ0) is 45.2. The highest BCUT2D eigenvalue weighted by atomic mass is 31.2. The lowest BCUT2D eigenvalue weighted by atomic mass is 10.0. The predicted octanol–water partition coefficient (Wildman–Crippen LogP) is 18.3. The van der Waals surface area contributed by atoms with Crippen LogP contribution >= 0.6 is 7.82 Å². The molecule has 0 amide bonds. The van der Waals surface area contributed by atoms with Crippen molar-refractivity contribution in [3.05, 3.63) is 128 Å². The Kier molecular flexibility index (Phi) is 34.2. The van der Waals surface area contributed by atoms with Crippen LogP contribution in [0.1, 0.15) is 212 Å². The summed E-state index contributed by atoms with van der Waals surface area (Å²) in [5.74, 6) is 0. The first-order chi connectivity index (χ1) is 28.4. The lowest BCUT2D eigenvalue weighted by Crippen LogP contribution is -1.89.